The Kier molecular flexibility index (Phi) is 5.11. The molecule has 104 valence electrons. The molecule has 1 aromatic rings. The van der Waals surface area contributed by atoms with Gasteiger partial charge in [0.25, 0.3) is 5.91 Å². The number of carbonyl (C=O) groups is 1. The summed E-state index contributed by atoms with van der Waals surface area (Å²) in [6.07, 6.45) is 3.18. The maximum atomic E-state index is 11.7. The lowest BCUT2D eigenvalue weighted by molar-refractivity contribution is -0.124. The van der Waals surface area contributed by atoms with Crippen molar-refractivity contribution < 1.29 is 19.4 Å². The van der Waals surface area contributed by atoms with Crippen LogP contribution >= 0.6 is 0 Å². The number of hydrogen-bond donors (Lipinski definition) is 2. The van der Waals surface area contributed by atoms with Crippen LogP contribution in [0.25, 0.3) is 0 Å². The van der Waals surface area contributed by atoms with E-state index >= 15 is 0 Å². The highest BCUT2D eigenvalue weighted by molar-refractivity contribution is 5.77. The minimum atomic E-state index is -0.141. The second-order valence-electron chi connectivity index (χ2n) is 4.39. The van der Waals surface area contributed by atoms with E-state index in [1.165, 1.54) is 6.20 Å². The first-order valence-corrected chi connectivity index (χ1v) is 6.33. The first kappa shape index (κ1) is 13.8. The van der Waals surface area contributed by atoms with E-state index in [1.54, 1.807) is 12.1 Å². The Morgan fingerprint density at radius 2 is 2.26 bits per heavy atom. The van der Waals surface area contributed by atoms with Gasteiger partial charge in [0.2, 0.25) is 0 Å². The van der Waals surface area contributed by atoms with Gasteiger partial charge in [-0.05, 0) is 25.0 Å². The molecular weight excluding hydrogens is 248 g/mol. The van der Waals surface area contributed by atoms with Crippen molar-refractivity contribution >= 4 is 5.91 Å². The lowest BCUT2D eigenvalue weighted by atomic mass is 10.1. The largest absolute Gasteiger partial charge is 0.482 e. The fraction of sp³-hybridized carbons (Fsp3) is 0.538. The Morgan fingerprint density at radius 3 is 2.89 bits per heavy atom. The van der Waals surface area contributed by atoms with Crippen LogP contribution in [0.5, 0.6) is 5.75 Å². The summed E-state index contributed by atoms with van der Waals surface area (Å²) in [6, 6.07) is 3.52. The molecular formula is C13H18N2O4. The Balaban J connectivity index is 1.72. The van der Waals surface area contributed by atoms with E-state index in [9.17, 15) is 4.79 Å². The van der Waals surface area contributed by atoms with Gasteiger partial charge in [0.15, 0.2) is 6.61 Å². The highest BCUT2D eigenvalue weighted by atomic mass is 16.5. The van der Waals surface area contributed by atoms with E-state index in [1.807, 2.05) is 0 Å². The second kappa shape index (κ2) is 7.06. The molecule has 1 aliphatic rings. The molecule has 0 aromatic carbocycles. The van der Waals surface area contributed by atoms with Crippen LogP contribution in [-0.2, 0) is 16.1 Å². The van der Waals surface area contributed by atoms with Gasteiger partial charge in [0, 0.05) is 19.3 Å². The molecule has 0 aliphatic carbocycles. The number of carbonyl (C=O) groups excluding carboxylic acids is 1. The smallest absolute Gasteiger partial charge is 0.258 e. The first-order chi connectivity index (χ1) is 9.28. The molecule has 1 aromatic heterocycles. The molecule has 1 fully saturated rings. The van der Waals surface area contributed by atoms with Crippen molar-refractivity contribution in [1.82, 2.24) is 10.3 Å². The maximum absolute atomic E-state index is 11.7. The van der Waals surface area contributed by atoms with Crippen LogP contribution in [0.1, 0.15) is 18.5 Å². The average molecular weight is 266 g/mol. The normalized spacial score (nSPS) is 16.1. The van der Waals surface area contributed by atoms with E-state index in [-0.39, 0.29) is 25.2 Å². The zero-order chi connectivity index (χ0) is 13.5. The molecule has 1 saturated heterocycles. The molecule has 19 heavy (non-hydrogen) atoms. The Hall–Kier alpha value is -1.66. The standard InChI is InChI=1S/C13H18N2O4/c16-8-11-1-2-12(7-14-11)19-9-13(17)15-10-3-5-18-6-4-10/h1-2,7,10,16H,3-6,8-9H2,(H,15,17). The zero-order valence-corrected chi connectivity index (χ0v) is 10.7. The minimum absolute atomic E-state index is 0.0302. The van der Waals surface area contributed by atoms with Crippen LogP contribution in [0, 0.1) is 0 Å². The summed E-state index contributed by atoms with van der Waals surface area (Å²) in [7, 11) is 0. The van der Waals surface area contributed by atoms with E-state index in [2.05, 4.69) is 10.3 Å². The summed E-state index contributed by atoms with van der Waals surface area (Å²) in [5.41, 5.74) is 0.569. The number of hydrogen-bond acceptors (Lipinski definition) is 5. The molecule has 2 heterocycles. The van der Waals surface area contributed by atoms with Gasteiger partial charge in [-0.3, -0.25) is 9.78 Å². The number of nitrogens with one attached hydrogen (secondary N) is 1. The third kappa shape index (κ3) is 4.50. The number of nitrogens with zero attached hydrogens (tertiary/aromatic N) is 1. The molecule has 0 bridgehead atoms. The lowest BCUT2D eigenvalue weighted by Crippen LogP contribution is -2.41. The van der Waals surface area contributed by atoms with Gasteiger partial charge in [-0.15, -0.1) is 0 Å². The van der Waals surface area contributed by atoms with Crippen molar-refractivity contribution in [1.29, 1.82) is 0 Å². The summed E-state index contributed by atoms with van der Waals surface area (Å²) < 4.78 is 10.5. The lowest BCUT2D eigenvalue weighted by Gasteiger charge is -2.23. The van der Waals surface area contributed by atoms with Gasteiger partial charge in [-0.2, -0.15) is 0 Å². The topological polar surface area (TPSA) is 80.7 Å². The summed E-state index contributed by atoms with van der Waals surface area (Å²) in [4.78, 5) is 15.6. The van der Waals surface area contributed by atoms with E-state index < -0.39 is 0 Å². The molecule has 0 unspecified atom stereocenters. The highest BCUT2D eigenvalue weighted by Gasteiger charge is 2.16. The first-order valence-electron chi connectivity index (χ1n) is 6.33. The number of aliphatic hydroxyl groups excluding tert-OH is 1. The predicted octanol–water partition coefficient (Wildman–Crippen LogP) is 0.248. The number of aliphatic hydroxyl groups is 1. The van der Waals surface area contributed by atoms with Gasteiger partial charge in [0.1, 0.15) is 5.75 Å². The molecule has 1 amide bonds. The van der Waals surface area contributed by atoms with Gasteiger partial charge in [-0.25, -0.2) is 0 Å². The summed E-state index contributed by atoms with van der Waals surface area (Å²) >= 11 is 0. The van der Waals surface area contributed by atoms with Crippen molar-refractivity contribution in [3.63, 3.8) is 0 Å². The monoisotopic (exact) mass is 266 g/mol. The molecule has 0 spiro atoms. The third-order valence-corrected chi connectivity index (χ3v) is 2.92. The molecule has 6 nitrogen and oxygen atoms in total. The van der Waals surface area contributed by atoms with Crippen molar-refractivity contribution in [3.05, 3.63) is 24.0 Å². The van der Waals surface area contributed by atoms with Crippen LogP contribution in [0.3, 0.4) is 0 Å². The number of aromatic nitrogens is 1. The van der Waals surface area contributed by atoms with Gasteiger partial charge >= 0.3 is 0 Å². The molecule has 0 atom stereocenters. The Bertz CT molecular complexity index is 402. The van der Waals surface area contributed by atoms with E-state index in [4.69, 9.17) is 14.6 Å². The summed E-state index contributed by atoms with van der Waals surface area (Å²) in [6.45, 7) is 1.25. The molecule has 0 radical (unpaired) electrons. The quantitative estimate of drug-likeness (QED) is 0.798. The molecule has 6 heteroatoms. The van der Waals surface area contributed by atoms with Gasteiger partial charge in [0.05, 0.1) is 18.5 Å². The molecule has 2 N–H and O–H groups in total. The van der Waals surface area contributed by atoms with E-state index in [0.717, 1.165) is 12.8 Å². The number of rotatable bonds is 5. The molecule has 0 saturated carbocycles. The molecule has 1 aliphatic heterocycles. The van der Waals surface area contributed by atoms with Gasteiger partial charge in [-0.1, -0.05) is 0 Å². The van der Waals surface area contributed by atoms with Crippen LogP contribution in [-0.4, -0.2) is 41.9 Å². The third-order valence-electron chi connectivity index (χ3n) is 2.92. The SMILES string of the molecule is O=C(COc1ccc(CO)nc1)NC1CCOCC1. The average Bonchev–Trinajstić information content (AvgIpc) is 2.47. The van der Waals surface area contributed by atoms with E-state index in [0.29, 0.717) is 24.7 Å². The maximum Gasteiger partial charge on any atom is 0.258 e. The number of amides is 1. The summed E-state index contributed by atoms with van der Waals surface area (Å²) in [5, 5.41) is 11.8. The van der Waals surface area contributed by atoms with Crippen LogP contribution in [0.15, 0.2) is 18.3 Å². The predicted molar refractivity (Wildman–Crippen MR) is 67.6 cm³/mol. The Morgan fingerprint density at radius 1 is 1.47 bits per heavy atom. The van der Waals surface area contributed by atoms with Crippen LogP contribution in [0.2, 0.25) is 0 Å². The Labute approximate surface area is 111 Å². The number of pyridine rings is 1. The van der Waals surface area contributed by atoms with Crippen molar-refractivity contribution in [2.45, 2.75) is 25.5 Å². The van der Waals surface area contributed by atoms with Crippen LogP contribution in [0.4, 0.5) is 0 Å². The second-order valence-corrected chi connectivity index (χ2v) is 4.39. The summed E-state index contributed by atoms with van der Waals surface area (Å²) in [5.74, 6) is 0.373. The van der Waals surface area contributed by atoms with Crippen LogP contribution < -0.4 is 10.1 Å². The van der Waals surface area contributed by atoms with Crippen molar-refractivity contribution in [2.24, 2.45) is 0 Å². The highest BCUT2D eigenvalue weighted by Crippen LogP contribution is 2.09. The fourth-order valence-corrected chi connectivity index (χ4v) is 1.85. The zero-order valence-electron chi connectivity index (χ0n) is 10.7. The van der Waals surface area contributed by atoms with Gasteiger partial charge < -0.3 is 19.9 Å². The van der Waals surface area contributed by atoms with Crippen molar-refractivity contribution in [3.8, 4) is 5.75 Å². The number of ether oxygens (including phenoxy) is 2. The molecule has 2 rings (SSSR count). The van der Waals surface area contributed by atoms with Crippen molar-refractivity contribution in [2.75, 3.05) is 19.8 Å². The fourth-order valence-electron chi connectivity index (χ4n) is 1.85. The minimum Gasteiger partial charge on any atom is -0.482 e.